The van der Waals surface area contributed by atoms with Gasteiger partial charge < -0.3 is 4.74 Å². The average Bonchev–Trinajstić information content (AvgIpc) is 3.29. The molecule has 0 N–H and O–H groups in total. The highest BCUT2D eigenvalue weighted by Gasteiger charge is 2.39. The number of esters is 1. The van der Waals surface area contributed by atoms with Crippen molar-refractivity contribution in [2.24, 2.45) is 0 Å². The lowest BCUT2D eigenvalue weighted by molar-refractivity contribution is -0.385. The summed E-state index contributed by atoms with van der Waals surface area (Å²) in [5.41, 5.74) is -1.92. The highest BCUT2D eigenvalue weighted by Crippen LogP contribution is 2.35. The van der Waals surface area contributed by atoms with Crippen molar-refractivity contribution in [3.8, 4) is 0 Å². The van der Waals surface area contributed by atoms with E-state index in [1.165, 1.54) is 40.0 Å². The van der Waals surface area contributed by atoms with Crippen LogP contribution in [0.25, 0.3) is 4.96 Å². The number of nitro groups is 1. The molecule has 5 rings (SSSR count). The van der Waals surface area contributed by atoms with Crippen LogP contribution in [0.15, 0.2) is 58.8 Å². The van der Waals surface area contributed by atoms with E-state index in [0.29, 0.717) is 4.96 Å². The summed E-state index contributed by atoms with van der Waals surface area (Å²) in [6.07, 6.45) is 1.55. The smallest absolute Gasteiger partial charge is 0.345 e. The second kappa shape index (κ2) is 7.57. The summed E-state index contributed by atoms with van der Waals surface area (Å²) in [6, 6.07) is 9.47. The minimum Gasteiger partial charge on any atom is -0.455 e. The van der Waals surface area contributed by atoms with Crippen molar-refractivity contribution in [2.45, 2.75) is 6.61 Å². The molecule has 0 spiro atoms. The number of ketones is 2. The Labute approximate surface area is 187 Å². The molecule has 2 aromatic heterocycles. The first-order chi connectivity index (χ1) is 15.9. The number of benzene rings is 2. The molecule has 2 heterocycles. The van der Waals surface area contributed by atoms with Crippen LogP contribution < -0.4 is 5.56 Å². The lowest BCUT2D eigenvalue weighted by Crippen LogP contribution is -2.24. The van der Waals surface area contributed by atoms with Crippen molar-refractivity contribution in [1.82, 2.24) is 9.38 Å². The van der Waals surface area contributed by atoms with Crippen LogP contribution in [0.1, 0.15) is 47.9 Å². The number of aromatic nitrogens is 2. The van der Waals surface area contributed by atoms with E-state index in [0.717, 1.165) is 6.07 Å². The van der Waals surface area contributed by atoms with Crippen LogP contribution in [-0.2, 0) is 11.3 Å². The van der Waals surface area contributed by atoms with Gasteiger partial charge in [0.05, 0.1) is 10.6 Å². The van der Waals surface area contributed by atoms with Crippen LogP contribution in [0.4, 0.5) is 5.69 Å². The van der Waals surface area contributed by atoms with E-state index in [2.05, 4.69) is 4.98 Å². The number of hydrogen-bond acceptors (Lipinski definition) is 9. The average molecular weight is 461 g/mol. The fourth-order valence-electron chi connectivity index (χ4n) is 3.70. The largest absolute Gasteiger partial charge is 0.455 e. The zero-order chi connectivity index (χ0) is 23.3. The number of carbonyl (C=O) groups is 3. The molecule has 11 heteroatoms. The van der Waals surface area contributed by atoms with Gasteiger partial charge in [0, 0.05) is 34.3 Å². The number of ether oxygens (including phenoxy) is 1. The van der Waals surface area contributed by atoms with Gasteiger partial charge in [0.15, 0.2) is 10.7 Å². The van der Waals surface area contributed by atoms with E-state index in [1.54, 1.807) is 23.7 Å². The monoisotopic (exact) mass is 461 g/mol. The lowest BCUT2D eigenvalue weighted by atomic mass is 9.82. The van der Waals surface area contributed by atoms with Crippen molar-refractivity contribution < 1.29 is 24.0 Å². The zero-order valence-electron chi connectivity index (χ0n) is 16.5. The number of hydrogen-bond donors (Lipinski definition) is 0. The Morgan fingerprint density at radius 2 is 1.79 bits per heavy atom. The Morgan fingerprint density at radius 1 is 1.06 bits per heavy atom. The normalized spacial score (nSPS) is 12.4. The van der Waals surface area contributed by atoms with E-state index >= 15 is 0 Å². The molecule has 0 fully saturated rings. The van der Waals surface area contributed by atoms with Crippen molar-refractivity contribution >= 4 is 39.5 Å². The summed E-state index contributed by atoms with van der Waals surface area (Å²) in [5, 5.41) is 13.6. The quantitative estimate of drug-likeness (QED) is 0.226. The molecule has 2 aromatic carbocycles. The zero-order valence-corrected chi connectivity index (χ0v) is 17.3. The van der Waals surface area contributed by atoms with Gasteiger partial charge in [-0.05, 0) is 12.1 Å². The number of carbonyl (C=O) groups excluding carboxylic acids is 3. The Hall–Kier alpha value is -4.51. The number of nitrogens with zero attached hydrogens (tertiary/aromatic N) is 3. The second-order valence-electron chi connectivity index (χ2n) is 7.06. The van der Waals surface area contributed by atoms with E-state index in [1.807, 2.05) is 0 Å². The summed E-state index contributed by atoms with van der Waals surface area (Å²) in [6.45, 7) is -0.410. The molecule has 0 amide bonds. The van der Waals surface area contributed by atoms with Crippen LogP contribution in [0.5, 0.6) is 0 Å². The first-order valence-corrected chi connectivity index (χ1v) is 10.4. The molecule has 1 aliphatic carbocycles. The predicted octanol–water partition coefficient (Wildman–Crippen LogP) is 2.80. The fraction of sp³-hybridized carbons (Fsp3) is 0.0455. The molecule has 162 valence electrons. The number of thiazole rings is 1. The third-order valence-electron chi connectivity index (χ3n) is 5.18. The molecule has 0 unspecified atom stereocenters. The standard InChI is InChI=1S/C22H11N3O7S/c26-16-9-11(23-22-24(16)7-8-33-22)10-32-21(29)15-6-5-14-17(18(15)25(30)31)20(28)13-4-2-1-3-12(13)19(14)27/h1-9H,10H2. The maximum atomic E-state index is 13.0. The highest BCUT2D eigenvalue weighted by atomic mass is 32.1. The molecule has 0 aliphatic heterocycles. The Balaban J connectivity index is 1.52. The van der Waals surface area contributed by atoms with Gasteiger partial charge in [-0.2, -0.15) is 0 Å². The predicted molar refractivity (Wildman–Crippen MR) is 115 cm³/mol. The fourth-order valence-corrected chi connectivity index (χ4v) is 4.44. The van der Waals surface area contributed by atoms with Crippen molar-refractivity contribution in [3.63, 3.8) is 0 Å². The Morgan fingerprint density at radius 3 is 2.52 bits per heavy atom. The Kier molecular flexibility index (Phi) is 4.68. The van der Waals surface area contributed by atoms with Crippen molar-refractivity contribution in [1.29, 1.82) is 0 Å². The molecule has 10 nitrogen and oxygen atoms in total. The van der Waals surface area contributed by atoms with Gasteiger partial charge in [-0.3, -0.25) is 28.9 Å². The number of rotatable bonds is 4. The van der Waals surface area contributed by atoms with E-state index in [-0.39, 0.29) is 27.9 Å². The van der Waals surface area contributed by atoms with Gasteiger partial charge in [-0.25, -0.2) is 9.78 Å². The van der Waals surface area contributed by atoms with Gasteiger partial charge in [-0.15, -0.1) is 11.3 Å². The summed E-state index contributed by atoms with van der Waals surface area (Å²) >= 11 is 1.22. The topological polar surface area (TPSA) is 138 Å². The van der Waals surface area contributed by atoms with Crippen LogP contribution in [0, 0.1) is 10.1 Å². The van der Waals surface area contributed by atoms with E-state index in [4.69, 9.17) is 4.74 Å². The molecule has 0 atom stereocenters. The van der Waals surface area contributed by atoms with E-state index < -0.39 is 45.9 Å². The van der Waals surface area contributed by atoms with Gasteiger partial charge in [-0.1, -0.05) is 24.3 Å². The van der Waals surface area contributed by atoms with Crippen LogP contribution >= 0.6 is 11.3 Å². The third-order valence-corrected chi connectivity index (χ3v) is 5.93. The molecular weight excluding hydrogens is 450 g/mol. The van der Waals surface area contributed by atoms with Gasteiger partial charge >= 0.3 is 5.97 Å². The second-order valence-corrected chi connectivity index (χ2v) is 7.94. The van der Waals surface area contributed by atoms with Crippen molar-refractivity contribution in [3.05, 3.63) is 108 Å². The van der Waals surface area contributed by atoms with Gasteiger partial charge in [0.25, 0.3) is 11.2 Å². The summed E-state index contributed by atoms with van der Waals surface area (Å²) in [7, 11) is 0. The minimum absolute atomic E-state index is 0.0255. The molecule has 4 aromatic rings. The molecule has 1 aliphatic rings. The van der Waals surface area contributed by atoms with Crippen LogP contribution in [-0.4, -0.2) is 31.8 Å². The van der Waals surface area contributed by atoms with Gasteiger partial charge in [0.2, 0.25) is 5.78 Å². The van der Waals surface area contributed by atoms with Crippen molar-refractivity contribution in [2.75, 3.05) is 0 Å². The minimum atomic E-state index is -1.09. The number of nitro benzene ring substituents is 1. The van der Waals surface area contributed by atoms with E-state index in [9.17, 15) is 29.3 Å². The number of fused-ring (bicyclic) bond motifs is 3. The summed E-state index contributed by atoms with van der Waals surface area (Å²) < 4.78 is 6.49. The Bertz CT molecular complexity index is 1580. The first-order valence-electron chi connectivity index (χ1n) is 9.49. The lowest BCUT2D eigenvalue weighted by Gasteiger charge is -2.18. The summed E-state index contributed by atoms with van der Waals surface area (Å²) in [4.78, 5) is 66.2. The molecular formula is C22H11N3O7S. The first kappa shape index (κ1) is 20.4. The third kappa shape index (κ3) is 3.22. The highest BCUT2D eigenvalue weighted by molar-refractivity contribution is 7.15. The van der Waals surface area contributed by atoms with Crippen LogP contribution in [0.2, 0.25) is 0 Å². The van der Waals surface area contributed by atoms with Gasteiger partial charge in [0.1, 0.15) is 17.7 Å². The SMILES string of the molecule is O=C1c2ccccc2C(=O)c2c1ccc(C(=O)OCc1cc(=O)n3ccsc3n1)c2[N+](=O)[O-]. The maximum absolute atomic E-state index is 13.0. The summed E-state index contributed by atoms with van der Waals surface area (Å²) in [5.74, 6) is -2.35. The molecule has 0 bridgehead atoms. The molecule has 33 heavy (non-hydrogen) atoms. The van der Waals surface area contributed by atoms with Crippen LogP contribution in [0.3, 0.4) is 0 Å². The molecule has 0 saturated heterocycles. The molecule has 0 saturated carbocycles. The maximum Gasteiger partial charge on any atom is 0.345 e. The molecule has 0 radical (unpaired) electrons.